The summed E-state index contributed by atoms with van der Waals surface area (Å²) in [5.74, 6) is 0.146. The summed E-state index contributed by atoms with van der Waals surface area (Å²) in [6, 6.07) is 9.39. The predicted octanol–water partition coefficient (Wildman–Crippen LogP) is 3.11. The summed E-state index contributed by atoms with van der Waals surface area (Å²) in [4.78, 5) is 11.7. The molecule has 19 heavy (non-hydrogen) atoms. The Labute approximate surface area is 112 Å². The van der Waals surface area contributed by atoms with Crippen molar-refractivity contribution >= 4 is 5.78 Å². The van der Waals surface area contributed by atoms with Gasteiger partial charge in [0.05, 0.1) is 0 Å². The van der Waals surface area contributed by atoms with Gasteiger partial charge in [0.1, 0.15) is 11.4 Å². The zero-order valence-corrected chi connectivity index (χ0v) is 11.4. The van der Waals surface area contributed by atoms with Crippen LogP contribution in [0.5, 0.6) is 5.75 Å². The second-order valence-electron chi connectivity index (χ2n) is 5.04. The van der Waals surface area contributed by atoms with Crippen LogP contribution in [0.4, 0.5) is 0 Å². The Kier molecular flexibility index (Phi) is 3.69. The van der Waals surface area contributed by atoms with Gasteiger partial charge in [-0.3, -0.25) is 9.48 Å². The van der Waals surface area contributed by atoms with Gasteiger partial charge in [0, 0.05) is 19.0 Å². The highest BCUT2D eigenvalue weighted by atomic mass is 16.3. The zero-order valence-electron chi connectivity index (χ0n) is 11.4. The van der Waals surface area contributed by atoms with Crippen molar-refractivity contribution in [2.45, 2.75) is 27.3 Å². The highest BCUT2D eigenvalue weighted by molar-refractivity contribution is 5.97. The van der Waals surface area contributed by atoms with Crippen molar-refractivity contribution in [3.63, 3.8) is 0 Å². The molecule has 0 radical (unpaired) electrons. The summed E-state index contributed by atoms with van der Waals surface area (Å²) < 4.78 is 1.60. The van der Waals surface area contributed by atoms with Crippen molar-refractivity contribution in [1.29, 1.82) is 0 Å². The number of carbonyl (C=O) groups is 1. The average molecular weight is 258 g/mol. The zero-order chi connectivity index (χ0) is 14.0. The first-order valence-electron chi connectivity index (χ1n) is 6.36. The van der Waals surface area contributed by atoms with Crippen LogP contribution >= 0.6 is 0 Å². The van der Waals surface area contributed by atoms with E-state index in [0.29, 0.717) is 18.2 Å². The molecule has 1 heterocycles. The number of benzene rings is 1. The van der Waals surface area contributed by atoms with Crippen molar-refractivity contribution < 1.29 is 9.90 Å². The first kappa shape index (κ1) is 13.3. The van der Waals surface area contributed by atoms with E-state index in [1.54, 1.807) is 4.68 Å². The quantitative estimate of drug-likeness (QED) is 0.857. The molecule has 0 aliphatic heterocycles. The summed E-state index contributed by atoms with van der Waals surface area (Å²) >= 11 is 0. The van der Waals surface area contributed by atoms with Crippen LogP contribution in [0.3, 0.4) is 0 Å². The summed E-state index contributed by atoms with van der Waals surface area (Å²) in [6.45, 7) is 6.15. The van der Waals surface area contributed by atoms with Crippen molar-refractivity contribution in [2.75, 3.05) is 0 Å². The third kappa shape index (κ3) is 2.67. The maximum atomic E-state index is 11.7. The van der Waals surface area contributed by atoms with E-state index in [1.165, 1.54) is 6.92 Å². The molecule has 0 amide bonds. The minimum absolute atomic E-state index is 0.0284. The molecule has 0 atom stereocenters. The van der Waals surface area contributed by atoms with Gasteiger partial charge in [0.25, 0.3) is 0 Å². The molecule has 1 N–H and O–H groups in total. The number of aromatic nitrogens is 2. The van der Waals surface area contributed by atoms with E-state index < -0.39 is 0 Å². The Morgan fingerprint density at radius 1 is 1.32 bits per heavy atom. The first-order chi connectivity index (χ1) is 9.00. The van der Waals surface area contributed by atoms with E-state index in [9.17, 15) is 9.90 Å². The lowest BCUT2D eigenvalue weighted by Crippen LogP contribution is -2.12. The molecule has 4 nitrogen and oxygen atoms in total. The van der Waals surface area contributed by atoms with Crippen molar-refractivity contribution in [3.8, 4) is 17.0 Å². The highest BCUT2D eigenvalue weighted by Gasteiger charge is 2.21. The molecular formula is C15H18N2O2. The Hall–Kier alpha value is -2.10. The number of hydrogen-bond acceptors (Lipinski definition) is 3. The maximum absolute atomic E-state index is 11.7. The van der Waals surface area contributed by atoms with Gasteiger partial charge < -0.3 is 5.11 Å². The molecule has 1 aromatic heterocycles. The first-order valence-corrected chi connectivity index (χ1v) is 6.36. The standard InChI is InChI=1S/C15H18N2O2/c1-10(2)9-17-14(11(3)18)15(19)13(16-17)12-7-5-4-6-8-12/h4-8,10,19H,9H2,1-3H3. The van der Waals surface area contributed by atoms with Gasteiger partial charge in [-0.15, -0.1) is 0 Å². The normalized spacial score (nSPS) is 10.9. The van der Waals surface area contributed by atoms with E-state index in [-0.39, 0.29) is 17.2 Å². The molecule has 0 aliphatic carbocycles. The number of rotatable bonds is 4. The second-order valence-corrected chi connectivity index (χ2v) is 5.04. The second kappa shape index (κ2) is 5.26. The van der Waals surface area contributed by atoms with E-state index >= 15 is 0 Å². The molecule has 2 aromatic rings. The van der Waals surface area contributed by atoms with E-state index in [2.05, 4.69) is 5.10 Å². The Bertz CT molecular complexity index is 586. The van der Waals surface area contributed by atoms with Crippen LogP contribution in [0.2, 0.25) is 0 Å². The fourth-order valence-corrected chi connectivity index (χ4v) is 2.07. The fourth-order valence-electron chi connectivity index (χ4n) is 2.07. The summed E-state index contributed by atoms with van der Waals surface area (Å²) in [6.07, 6.45) is 0. The van der Waals surface area contributed by atoms with E-state index in [1.807, 2.05) is 44.2 Å². The largest absolute Gasteiger partial charge is 0.504 e. The maximum Gasteiger partial charge on any atom is 0.181 e. The molecule has 0 fully saturated rings. The summed E-state index contributed by atoms with van der Waals surface area (Å²) in [7, 11) is 0. The average Bonchev–Trinajstić information content (AvgIpc) is 2.66. The molecule has 0 aliphatic rings. The van der Waals surface area contributed by atoms with Gasteiger partial charge in [-0.05, 0) is 5.92 Å². The predicted molar refractivity (Wildman–Crippen MR) is 74.2 cm³/mol. The van der Waals surface area contributed by atoms with Crippen molar-refractivity contribution in [1.82, 2.24) is 9.78 Å². The summed E-state index contributed by atoms with van der Waals surface area (Å²) in [5, 5.41) is 14.6. The van der Waals surface area contributed by atoms with Crippen molar-refractivity contribution in [3.05, 3.63) is 36.0 Å². The topological polar surface area (TPSA) is 55.1 Å². The molecule has 0 spiro atoms. The van der Waals surface area contributed by atoms with Gasteiger partial charge in [-0.1, -0.05) is 44.2 Å². The molecular weight excluding hydrogens is 240 g/mol. The van der Waals surface area contributed by atoms with Gasteiger partial charge in [-0.2, -0.15) is 5.10 Å². The van der Waals surface area contributed by atoms with Crippen LogP contribution in [0.1, 0.15) is 31.3 Å². The number of Topliss-reactive ketones (excluding diaryl/α,β-unsaturated/α-hetero) is 1. The van der Waals surface area contributed by atoms with Crippen LogP contribution in [0.15, 0.2) is 30.3 Å². The number of carbonyl (C=O) groups excluding carboxylic acids is 1. The lowest BCUT2D eigenvalue weighted by Gasteiger charge is -2.07. The third-order valence-corrected chi connectivity index (χ3v) is 2.85. The lowest BCUT2D eigenvalue weighted by atomic mass is 10.1. The minimum Gasteiger partial charge on any atom is -0.504 e. The fraction of sp³-hybridized carbons (Fsp3) is 0.333. The third-order valence-electron chi connectivity index (χ3n) is 2.85. The van der Waals surface area contributed by atoms with Gasteiger partial charge in [-0.25, -0.2) is 0 Å². The molecule has 0 unspecified atom stereocenters. The molecule has 0 saturated heterocycles. The van der Waals surface area contributed by atoms with Gasteiger partial charge >= 0.3 is 0 Å². The van der Waals surface area contributed by atoms with Crippen molar-refractivity contribution in [2.24, 2.45) is 5.92 Å². The molecule has 4 heteroatoms. The van der Waals surface area contributed by atoms with E-state index in [0.717, 1.165) is 5.56 Å². The number of ketones is 1. The van der Waals surface area contributed by atoms with Crippen LogP contribution < -0.4 is 0 Å². The monoisotopic (exact) mass is 258 g/mol. The van der Waals surface area contributed by atoms with E-state index in [4.69, 9.17) is 0 Å². The van der Waals surface area contributed by atoms with Crippen LogP contribution in [0, 0.1) is 5.92 Å². The van der Waals surface area contributed by atoms with Crippen LogP contribution in [0.25, 0.3) is 11.3 Å². The molecule has 2 rings (SSSR count). The Balaban J connectivity index is 2.55. The molecule has 0 saturated carbocycles. The Morgan fingerprint density at radius 2 is 1.95 bits per heavy atom. The Morgan fingerprint density at radius 3 is 2.47 bits per heavy atom. The minimum atomic E-state index is -0.173. The van der Waals surface area contributed by atoms with Crippen LogP contribution in [-0.2, 0) is 6.54 Å². The smallest absolute Gasteiger partial charge is 0.181 e. The number of aromatic hydroxyl groups is 1. The van der Waals surface area contributed by atoms with Gasteiger partial charge in [0.15, 0.2) is 11.5 Å². The molecule has 100 valence electrons. The molecule has 1 aromatic carbocycles. The molecule has 0 bridgehead atoms. The lowest BCUT2D eigenvalue weighted by molar-refractivity contribution is 0.0999. The highest BCUT2D eigenvalue weighted by Crippen LogP contribution is 2.32. The SMILES string of the molecule is CC(=O)c1c(O)c(-c2ccccc2)nn1CC(C)C. The summed E-state index contributed by atoms with van der Waals surface area (Å²) in [5.41, 5.74) is 1.56. The van der Waals surface area contributed by atoms with Crippen LogP contribution in [-0.4, -0.2) is 20.7 Å². The number of hydrogen-bond donors (Lipinski definition) is 1. The number of nitrogens with zero attached hydrogens (tertiary/aromatic N) is 2. The van der Waals surface area contributed by atoms with Gasteiger partial charge in [0.2, 0.25) is 0 Å².